The van der Waals surface area contributed by atoms with E-state index in [0.29, 0.717) is 6.54 Å². The maximum absolute atomic E-state index is 11.7. The number of rotatable bonds is 10. The number of halogens is 1. The van der Waals surface area contributed by atoms with Crippen LogP contribution in [0.3, 0.4) is 0 Å². The van der Waals surface area contributed by atoms with Crippen LogP contribution < -0.4 is 16.0 Å². The third-order valence-electron chi connectivity index (χ3n) is 3.64. The highest BCUT2D eigenvalue weighted by atomic mass is 127. The Labute approximate surface area is 174 Å². The molecule has 0 fully saturated rings. The highest BCUT2D eigenvalue weighted by Crippen LogP contribution is 2.10. The number of benzene rings is 1. The molecule has 26 heavy (non-hydrogen) atoms. The van der Waals surface area contributed by atoms with Gasteiger partial charge in [-0.3, -0.25) is 9.79 Å². The van der Waals surface area contributed by atoms with E-state index in [1.807, 2.05) is 45.0 Å². The number of nitrogens with one attached hydrogen (secondary N) is 3. The smallest absolute Gasteiger partial charge is 0.226 e. The molecular formula is C19H33IN4O2. The van der Waals surface area contributed by atoms with Gasteiger partial charge in [0.25, 0.3) is 0 Å². The molecule has 0 atom stereocenters. The molecule has 0 spiro atoms. The Morgan fingerprint density at radius 2 is 1.85 bits per heavy atom. The molecule has 6 nitrogen and oxygen atoms in total. The van der Waals surface area contributed by atoms with Gasteiger partial charge in [0.2, 0.25) is 5.91 Å². The van der Waals surface area contributed by atoms with Crippen molar-refractivity contribution in [2.24, 2.45) is 10.9 Å². The van der Waals surface area contributed by atoms with Crippen molar-refractivity contribution in [3.63, 3.8) is 0 Å². The summed E-state index contributed by atoms with van der Waals surface area (Å²) in [6, 6.07) is 7.83. The van der Waals surface area contributed by atoms with E-state index in [2.05, 4.69) is 20.9 Å². The molecule has 1 amide bonds. The lowest BCUT2D eigenvalue weighted by atomic mass is 10.1. The zero-order valence-corrected chi connectivity index (χ0v) is 18.6. The molecule has 1 aromatic carbocycles. The first kappa shape index (κ1) is 24.7. The molecule has 0 saturated heterocycles. The topological polar surface area (TPSA) is 74.8 Å². The van der Waals surface area contributed by atoms with Gasteiger partial charge in [0.1, 0.15) is 0 Å². The van der Waals surface area contributed by atoms with E-state index in [1.54, 1.807) is 7.05 Å². The fourth-order valence-electron chi connectivity index (χ4n) is 2.08. The van der Waals surface area contributed by atoms with E-state index in [4.69, 9.17) is 4.74 Å². The predicted molar refractivity (Wildman–Crippen MR) is 119 cm³/mol. The van der Waals surface area contributed by atoms with E-state index in [-0.39, 0.29) is 35.8 Å². The van der Waals surface area contributed by atoms with Crippen LogP contribution in [-0.2, 0) is 16.1 Å². The first-order valence-corrected chi connectivity index (χ1v) is 8.98. The van der Waals surface area contributed by atoms with Gasteiger partial charge in [0.15, 0.2) is 5.96 Å². The first-order valence-electron chi connectivity index (χ1n) is 8.98. The maximum atomic E-state index is 11.7. The summed E-state index contributed by atoms with van der Waals surface area (Å²) in [5.74, 6) is 0.790. The molecule has 0 aliphatic carbocycles. The molecule has 0 aliphatic heterocycles. The molecule has 3 N–H and O–H groups in total. The summed E-state index contributed by atoms with van der Waals surface area (Å²) in [5, 5.41) is 9.47. The largest absolute Gasteiger partial charge is 0.382 e. The number of carbonyl (C=O) groups is 1. The second kappa shape index (κ2) is 14.8. The molecule has 0 aliphatic rings. The Kier molecular flexibility index (Phi) is 14.0. The number of amides is 1. The summed E-state index contributed by atoms with van der Waals surface area (Å²) in [6.07, 6.45) is 2.09. The number of unbranched alkanes of at least 4 members (excludes halogenated alkanes) is 1. The fraction of sp³-hybridized carbons (Fsp3) is 0.579. The normalized spacial score (nSPS) is 11.0. The molecule has 0 heterocycles. The van der Waals surface area contributed by atoms with Gasteiger partial charge in [-0.15, -0.1) is 24.0 Å². The molecule has 0 bridgehead atoms. The summed E-state index contributed by atoms with van der Waals surface area (Å²) >= 11 is 0. The summed E-state index contributed by atoms with van der Waals surface area (Å²) in [4.78, 5) is 15.9. The minimum atomic E-state index is -0.0238. The van der Waals surface area contributed by atoms with Crippen molar-refractivity contribution in [1.82, 2.24) is 10.6 Å². The Bertz CT molecular complexity index is 533. The molecular weight excluding hydrogens is 443 g/mol. The standard InChI is InChI=1S/C19H32N4O2.HI/c1-5-25-13-7-6-12-21-19(20-4)22-14-16-8-10-17(11-9-16)23-18(24)15(2)3;/h8-11,15H,5-7,12-14H2,1-4H3,(H,23,24)(H2,20,21,22);1H. The molecule has 1 rings (SSSR count). The Hall–Kier alpha value is -1.35. The number of anilines is 1. The van der Waals surface area contributed by atoms with Gasteiger partial charge >= 0.3 is 0 Å². The molecule has 1 aromatic rings. The second-order valence-corrected chi connectivity index (χ2v) is 6.10. The van der Waals surface area contributed by atoms with E-state index in [0.717, 1.165) is 49.8 Å². The molecule has 0 radical (unpaired) electrons. The van der Waals surface area contributed by atoms with E-state index in [9.17, 15) is 4.79 Å². The van der Waals surface area contributed by atoms with Crippen LogP contribution in [0.5, 0.6) is 0 Å². The molecule has 0 saturated carbocycles. The van der Waals surface area contributed by atoms with E-state index < -0.39 is 0 Å². The number of ether oxygens (including phenoxy) is 1. The van der Waals surface area contributed by atoms with Gasteiger partial charge in [-0.25, -0.2) is 0 Å². The number of nitrogens with zero attached hydrogens (tertiary/aromatic N) is 1. The summed E-state index contributed by atoms with van der Waals surface area (Å²) in [5.41, 5.74) is 1.95. The fourth-order valence-corrected chi connectivity index (χ4v) is 2.08. The van der Waals surface area contributed by atoms with Crippen LogP contribution in [0.15, 0.2) is 29.3 Å². The zero-order chi connectivity index (χ0) is 18.5. The summed E-state index contributed by atoms with van der Waals surface area (Å²) in [6.45, 7) is 8.89. The third-order valence-corrected chi connectivity index (χ3v) is 3.64. The monoisotopic (exact) mass is 476 g/mol. The van der Waals surface area contributed by atoms with Crippen LogP contribution in [0.2, 0.25) is 0 Å². The third kappa shape index (κ3) is 10.6. The van der Waals surface area contributed by atoms with Crippen molar-refractivity contribution in [2.75, 3.05) is 32.1 Å². The number of hydrogen-bond donors (Lipinski definition) is 3. The van der Waals surface area contributed by atoms with Gasteiger partial charge in [0, 0.05) is 45.0 Å². The van der Waals surface area contributed by atoms with Gasteiger partial charge in [-0.1, -0.05) is 26.0 Å². The van der Waals surface area contributed by atoms with Crippen molar-refractivity contribution in [1.29, 1.82) is 0 Å². The minimum absolute atomic E-state index is 0. The highest BCUT2D eigenvalue weighted by Gasteiger charge is 2.06. The number of aliphatic imine (C=N–C) groups is 1. The highest BCUT2D eigenvalue weighted by molar-refractivity contribution is 14.0. The van der Waals surface area contributed by atoms with Gasteiger partial charge in [0.05, 0.1) is 0 Å². The van der Waals surface area contributed by atoms with Gasteiger partial charge in [-0.05, 0) is 37.5 Å². The van der Waals surface area contributed by atoms with Crippen molar-refractivity contribution in [3.05, 3.63) is 29.8 Å². The summed E-state index contributed by atoms with van der Waals surface area (Å²) in [7, 11) is 1.76. The van der Waals surface area contributed by atoms with Crippen LogP contribution in [0.25, 0.3) is 0 Å². The zero-order valence-electron chi connectivity index (χ0n) is 16.3. The number of hydrogen-bond acceptors (Lipinski definition) is 3. The average molecular weight is 476 g/mol. The molecule has 7 heteroatoms. The summed E-state index contributed by atoms with van der Waals surface area (Å²) < 4.78 is 5.32. The quantitative estimate of drug-likeness (QED) is 0.210. The first-order chi connectivity index (χ1) is 12.1. The SMILES string of the molecule is CCOCCCCNC(=NC)NCc1ccc(NC(=O)C(C)C)cc1.I. The maximum Gasteiger partial charge on any atom is 0.226 e. The van der Waals surface area contributed by atoms with Crippen molar-refractivity contribution in [3.8, 4) is 0 Å². The minimum Gasteiger partial charge on any atom is -0.382 e. The van der Waals surface area contributed by atoms with E-state index in [1.165, 1.54) is 0 Å². The lowest BCUT2D eigenvalue weighted by molar-refractivity contribution is -0.118. The van der Waals surface area contributed by atoms with Crippen LogP contribution in [0.4, 0.5) is 5.69 Å². The lowest BCUT2D eigenvalue weighted by Crippen LogP contribution is -2.37. The lowest BCUT2D eigenvalue weighted by Gasteiger charge is -2.12. The van der Waals surface area contributed by atoms with Crippen LogP contribution in [-0.4, -0.2) is 38.7 Å². The van der Waals surface area contributed by atoms with E-state index >= 15 is 0 Å². The molecule has 148 valence electrons. The average Bonchev–Trinajstić information content (AvgIpc) is 2.61. The van der Waals surface area contributed by atoms with Crippen molar-refractivity contribution in [2.45, 2.75) is 40.2 Å². The van der Waals surface area contributed by atoms with Crippen LogP contribution in [0, 0.1) is 5.92 Å². The molecule has 0 aromatic heterocycles. The number of carbonyl (C=O) groups excluding carboxylic acids is 1. The second-order valence-electron chi connectivity index (χ2n) is 6.10. The molecule has 0 unspecified atom stereocenters. The Morgan fingerprint density at radius 3 is 2.42 bits per heavy atom. The van der Waals surface area contributed by atoms with Gasteiger partial charge in [-0.2, -0.15) is 0 Å². The van der Waals surface area contributed by atoms with Crippen molar-refractivity contribution >= 4 is 41.5 Å². The van der Waals surface area contributed by atoms with Gasteiger partial charge < -0.3 is 20.7 Å². The predicted octanol–water partition coefficient (Wildman–Crippen LogP) is 3.38. The van der Waals surface area contributed by atoms with Crippen molar-refractivity contribution < 1.29 is 9.53 Å². The number of guanidine groups is 1. The Morgan fingerprint density at radius 1 is 1.15 bits per heavy atom. The van der Waals surface area contributed by atoms with Crippen LogP contribution in [0.1, 0.15) is 39.2 Å². The Balaban J connectivity index is 0.00000625. The van der Waals surface area contributed by atoms with Crippen LogP contribution >= 0.6 is 24.0 Å².